The Morgan fingerprint density at radius 3 is 2.37 bits per heavy atom. The number of amides is 2. The number of piperidine rings is 1. The Morgan fingerprint density at radius 1 is 1.27 bits per heavy atom. The van der Waals surface area contributed by atoms with Crippen LogP contribution in [0.25, 0.3) is 0 Å². The van der Waals surface area contributed by atoms with E-state index in [0.717, 1.165) is 15.8 Å². The molecule has 30 heavy (non-hydrogen) atoms. The molecule has 0 aromatic carbocycles. The van der Waals surface area contributed by atoms with E-state index in [9.17, 15) is 27.6 Å². The van der Waals surface area contributed by atoms with Crippen molar-refractivity contribution >= 4 is 17.8 Å². The van der Waals surface area contributed by atoms with Crippen molar-refractivity contribution in [1.29, 1.82) is 0 Å². The van der Waals surface area contributed by atoms with Crippen molar-refractivity contribution < 1.29 is 32.3 Å². The van der Waals surface area contributed by atoms with Crippen LogP contribution in [-0.2, 0) is 20.5 Å². The van der Waals surface area contributed by atoms with Crippen LogP contribution in [0.1, 0.15) is 55.7 Å². The van der Waals surface area contributed by atoms with Crippen molar-refractivity contribution in [3.8, 4) is 0 Å². The molecular weight excluding hydrogens is 405 g/mol. The zero-order chi connectivity index (χ0) is 22.6. The van der Waals surface area contributed by atoms with E-state index < -0.39 is 35.3 Å². The summed E-state index contributed by atoms with van der Waals surface area (Å²) in [6.45, 7) is 5.35. The molecule has 1 saturated heterocycles. The number of nitrogens with zero attached hydrogens (tertiary/aromatic N) is 4. The first-order valence-electron chi connectivity index (χ1n) is 9.81. The second-order valence-corrected chi connectivity index (χ2v) is 7.51. The molecule has 1 aromatic heterocycles. The predicted octanol–water partition coefficient (Wildman–Crippen LogP) is 2.36. The number of halogens is 3. The molecule has 1 aliphatic heterocycles. The Balaban J connectivity index is 2.03. The summed E-state index contributed by atoms with van der Waals surface area (Å²) in [5.74, 6) is -1.88. The van der Waals surface area contributed by atoms with Gasteiger partial charge in [-0.2, -0.15) is 18.3 Å². The maximum atomic E-state index is 13.5. The molecule has 1 fully saturated rings. The largest absolute Gasteiger partial charge is 0.466 e. The lowest BCUT2D eigenvalue weighted by molar-refractivity contribution is -0.151. The molecule has 1 aliphatic rings. The molecule has 0 aliphatic carbocycles. The van der Waals surface area contributed by atoms with Gasteiger partial charge in [0.15, 0.2) is 5.69 Å². The van der Waals surface area contributed by atoms with E-state index in [1.165, 1.54) is 25.8 Å². The van der Waals surface area contributed by atoms with Crippen LogP contribution in [0.2, 0.25) is 0 Å². The second kappa shape index (κ2) is 9.48. The third-order valence-electron chi connectivity index (χ3n) is 4.97. The van der Waals surface area contributed by atoms with Crippen LogP contribution >= 0.6 is 0 Å². The molecule has 0 radical (unpaired) electrons. The molecule has 0 bridgehead atoms. The highest BCUT2D eigenvalue weighted by Gasteiger charge is 2.41. The SMILES string of the molecule is CCOC(=O)C1CCN(C(=O)CN(C)C(=O)c2cnn(C(C)C)c2C(F)(F)F)CC1. The molecule has 0 saturated carbocycles. The number of aromatic nitrogens is 2. The molecule has 1 aromatic rings. The van der Waals surface area contributed by atoms with Crippen LogP contribution in [0, 0.1) is 5.92 Å². The van der Waals surface area contributed by atoms with Gasteiger partial charge in [-0.05, 0) is 33.6 Å². The normalized spacial score (nSPS) is 15.4. The molecule has 2 heterocycles. The van der Waals surface area contributed by atoms with Gasteiger partial charge in [0, 0.05) is 26.2 Å². The van der Waals surface area contributed by atoms with Gasteiger partial charge in [-0.15, -0.1) is 0 Å². The van der Waals surface area contributed by atoms with Crippen LogP contribution in [0.3, 0.4) is 0 Å². The summed E-state index contributed by atoms with van der Waals surface area (Å²) in [7, 11) is 1.28. The minimum absolute atomic E-state index is 0.274. The first-order chi connectivity index (χ1) is 14.0. The molecule has 2 amide bonds. The maximum Gasteiger partial charge on any atom is 0.433 e. The summed E-state index contributed by atoms with van der Waals surface area (Å²) in [4.78, 5) is 39.4. The first kappa shape index (κ1) is 23.7. The lowest BCUT2D eigenvalue weighted by Gasteiger charge is -2.32. The van der Waals surface area contributed by atoms with Gasteiger partial charge >= 0.3 is 12.1 Å². The maximum absolute atomic E-state index is 13.5. The van der Waals surface area contributed by atoms with E-state index in [4.69, 9.17) is 4.74 Å². The Morgan fingerprint density at radius 2 is 1.87 bits per heavy atom. The number of esters is 1. The van der Waals surface area contributed by atoms with Crippen LogP contribution in [0.15, 0.2) is 6.20 Å². The van der Waals surface area contributed by atoms with Gasteiger partial charge in [-0.25, -0.2) is 0 Å². The van der Waals surface area contributed by atoms with E-state index in [1.54, 1.807) is 6.92 Å². The summed E-state index contributed by atoms with van der Waals surface area (Å²) in [5.41, 5.74) is -1.72. The van der Waals surface area contributed by atoms with E-state index in [-0.39, 0.29) is 25.0 Å². The van der Waals surface area contributed by atoms with Gasteiger partial charge in [-0.1, -0.05) is 0 Å². The Labute approximate surface area is 172 Å². The average Bonchev–Trinajstić information content (AvgIpc) is 3.13. The molecule has 8 nitrogen and oxygen atoms in total. The van der Waals surface area contributed by atoms with E-state index in [0.29, 0.717) is 25.9 Å². The van der Waals surface area contributed by atoms with Crippen molar-refractivity contribution in [2.75, 3.05) is 33.3 Å². The monoisotopic (exact) mass is 432 g/mol. The topological polar surface area (TPSA) is 84.7 Å². The molecule has 0 spiro atoms. The van der Waals surface area contributed by atoms with Gasteiger partial charge in [0.1, 0.15) is 0 Å². The lowest BCUT2D eigenvalue weighted by atomic mass is 9.97. The number of carbonyl (C=O) groups excluding carboxylic acids is 3. The fourth-order valence-corrected chi connectivity index (χ4v) is 3.40. The van der Waals surface area contributed by atoms with Gasteiger partial charge in [0.2, 0.25) is 5.91 Å². The summed E-state index contributed by atoms with van der Waals surface area (Å²) in [6, 6.07) is -0.587. The van der Waals surface area contributed by atoms with Crippen molar-refractivity contribution in [2.45, 2.75) is 45.8 Å². The van der Waals surface area contributed by atoms with Crippen molar-refractivity contribution in [2.24, 2.45) is 5.92 Å². The third-order valence-corrected chi connectivity index (χ3v) is 4.97. The minimum Gasteiger partial charge on any atom is -0.466 e. The number of likely N-dealkylation sites (N-methyl/N-ethyl adjacent to an activating group) is 1. The zero-order valence-corrected chi connectivity index (χ0v) is 17.5. The van der Waals surface area contributed by atoms with Crippen LogP contribution in [0.5, 0.6) is 0 Å². The minimum atomic E-state index is -4.76. The number of hydrogen-bond acceptors (Lipinski definition) is 5. The van der Waals surface area contributed by atoms with Crippen molar-refractivity contribution in [3.05, 3.63) is 17.5 Å². The number of alkyl halides is 3. The zero-order valence-electron chi connectivity index (χ0n) is 17.5. The highest BCUT2D eigenvalue weighted by atomic mass is 19.4. The summed E-state index contributed by atoms with van der Waals surface area (Å²) in [5, 5.41) is 3.70. The smallest absolute Gasteiger partial charge is 0.433 e. The first-order valence-corrected chi connectivity index (χ1v) is 9.81. The molecule has 0 atom stereocenters. The van der Waals surface area contributed by atoms with Crippen molar-refractivity contribution in [3.63, 3.8) is 0 Å². The Hall–Kier alpha value is -2.59. The summed E-state index contributed by atoms with van der Waals surface area (Å²) in [6.07, 6.45) is -2.98. The number of ether oxygens (including phenoxy) is 1. The van der Waals surface area contributed by atoms with Gasteiger partial charge < -0.3 is 14.5 Å². The number of rotatable bonds is 6. The molecular formula is C19H27F3N4O4. The lowest BCUT2D eigenvalue weighted by Crippen LogP contribution is -2.45. The van der Waals surface area contributed by atoms with Crippen LogP contribution in [0.4, 0.5) is 13.2 Å². The van der Waals surface area contributed by atoms with Gasteiger partial charge in [-0.3, -0.25) is 19.1 Å². The third kappa shape index (κ3) is 5.31. The Bertz CT molecular complexity index is 783. The van der Waals surface area contributed by atoms with Crippen molar-refractivity contribution in [1.82, 2.24) is 19.6 Å². The summed E-state index contributed by atoms with van der Waals surface area (Å²) < 4.78 is 46.2. The average molecular weight is 432 g/mol. The second-order valence-electron chi connectivity index (χ2n) is 7.51. The highest BCUT2D eigenvalue weighted by Crippen LogP contribution is 2.34. The fraction of sp³-hybridized carbons (Fsp3) is 0.684. The molecule has 11 heteroatoms. The highest BCUT2D eigenvalue weighted by molar-refractivity contribution is 5.97. The number of hydrogen-bond donors (Lipinski definition) is 0. The molecule has 0 unspecified atom stereocenters. The number of likely N-dealkylation sites (tertiary alicyclic amines) is 1. The van der Waals surface area contributed by atoms with Crippen LogP contribution in [-0.4, -0.2) is 70.7 Å². The van der Waals surface area contributed by atoms with E-state index in [2.05, 4.69) is 5.10 Å². The van der Waals surface area contributed by atoms with E-state index in [1.807, 2.05) is 0 Å². The predicted molar refractivity (Wildman–Crippen MR) is 101 cm³/mol. The number of carbonyl (C=O) groups is 3. The Kier molecular flexibility index (Phi) is 7.49. The van der Waals surface area contributed by atoms with E-state index >= 15 is 0 Å². The fourth-order valence-electron chi connectivity index (χ4n) is 3.40. The van der Waals surface area contributed by atoms with Crippen LogP contribution < -0.4 is 0 Å². The van der Waals surface area contributed by atoms with Gasteiger partial charge in [0.25, 0.3) is 5.91 Å². The standard InChI is InChI=1S/C19H27F3N4O4/c1-5-30-18(29)13-6-8-25(9-7-13)15(27)11-24(4)17(28)14-10-23-26(12(2)3)16(14)19(20,21)22/h10,12-13H,5-9,11H2,1-4H3. The molecule has 168 valence electrons. The van der Waals surface area contributed by atoms with Gasteiger partial charge in [0.05, 0.1) is 30.8 Å². The molecule has 0 N–H and O–H groups in total. The summed E-state index contributed by atoms with van der Waals surface area (Å²) >= 11 is 0. The molecule has 2 rings (SSSR count). The quantitative estimate of drug-likeness (QED) is 0.645.